The van der Waals surface area contributed by atoms with Crippen molar-refractivity contribution in [1.29, 1.82) is 0 Å². The maximum absolute atomic E-state index is 9.92. The Morgan fingerprint density at radius 2 is 1.88 bits per heavy atom. The molecule has 0 amide bonds. The van der Waals surface area contributed by atoms with Crippen LogP contribution in [0, 0.1) is 0 Å². The minimum absolute atomic E-state index is 0.327. The highest BCUT2D eigenvalue weighted by molar-refractivity contribution is 5.55. The van der Waals surface area contributed by atoms with Crippen LogP contribution in [0.25, 0.3) is 0 Å². The molecule has 2 rings (SSSR count). The number of nitrogens with zero attached hydrogens (tertiary/aromatic N) is 2. The number of aromatic nitrogens is 2. The summed E-state index contributed by atoms with van der Waals surface area (Å²) in [6, 6.07) is 9.41. The van der Waals surface area contributed by atoms with Crippen molar-refractivity contribution in [2.24, 2.45) is 0 Å². The van der Waals surface area contributed by atoms with E-state index in [1.165, 1.54) is 6.20 Å². The molecule has 0 bridgehead atoms. The summed E-state index contributed by atoms with van der Waals surface area (Å²) in [5.74, 6) is 0.815. The molecule has 17 heavy (non-hydrogen) atoms. The van der Waals surface area contributed by atoms with E-state index in [0.29, 0.717) is 18.2 Å². The molecule has 2 aromatic rings. The van der Waals surface area contributed by atoms with Gasteiger partial charge in [-0.2, -0.15) is 0 Å². The fraction of sp³-hybridized carbons (Fsp3) is 0.167. The second-order valence-electron chi connectivity index (χ2n) is 3.60. The van der Waals surface area contributed by atoms with Gasteiger partial charge in [0.1, 0.15) is 0 Å². The van der Waals surface area contributed by atoms with Gasteiger partial charge in [-0.15, -0.1) is 0 Å². The molecule has 1 aromatic carbocycles. The van der Waals surface area contributed by atoms with E-state index in [0.717, 1.165) is 5.56 Å². The Labute approximate surface area is 99.3 Å². The van der Waals surface area contributed by atoms with Gasteiger partial charge in [0.25, 0.3) is 0 Å². The van der Waals surface area contributed by atoms with Gasteiger partial charge in [0.05, 0.1) is 6.10 Å². The number of nitrogens with one attached hydrogen (secondary N) is 1. The second-order valence-corrected chi connectivity index (χ2v) is 3.60. The molecule has 0 spiro atoms. The zero-order valence-electron chi connectivity index (χ0n) is 9.24. The molecule has 4 N–H and O–H groups in total. The van der Waals surface area contributed by atoms with Crippen molar-refractivity contribution in [1.82, 2.24) is 9.97 Å². The molecule has 1 atom stereocenters. The molecular weight excluding hydrogens is 216 g/mol. The highest BCUT2D eigenvalue weighted by atomic mass is 16.3. The summed E-state index contributed by atoms with van der Waals surface area (Å²) < 4.78 is 0. The summed E-state index contributed by atoms with van der Waals surface area (Å²) >= 11 is 0. The van der Waals surface area contributed by atoms with Crippen molar-refractivity contribution in [3.8, 4) is 0 Å². The SMILES string of the molecule is Nc1nccnc1NCC(O)c1ccccc1. The van der Waals surface area contributed by atoms with Gasteiger partial charge < -0.3 is 16.2 Å². The predicted octanol–water partition coefficient (Wildman–Crippen LogP) is 1.20. The van der Waals surface area contributed by atoms with E-state index in [4.69, 9.17) is 5.73 Å². The van der Waals surface area contributed by atoms with Crippen molar-refractivity contribution in [3.63, 3.8) is 0 Å². The lowest BCUT2D eigenvalue weighted by atomic mass is 10.1. The van der Waals surface area contributed by atoms with Gasteiger partial charge in [0.2, 0.25) is 0 Å². The molecule has 1 aromatic heterocycles. The summed E-state index contributed by atoms with van der Waals surface area (Å²) in [5, 5.41) is 12.9. The predicted molar refractivity (Wildman–Crippen MR) is 66.3 cm³/mol. The monoisotopic (exact) mass is 230 g/mol. The van der Waals surface area contributed by atoms with E-state index in [2.05, 4.69) is 15.3 Å². The van der Waals surface area contributed by atoms with Crippen LogP contribution < -0.4 is 11.1 Å². The number of benzene rings is 1. The maximum atomic E-state index is 9.92. The first-order valence-corrected chi connectivity index (χ1v) is 5.30. The van der Waals surface area contributed by atoms with E-state index in [9.17, 15) is 5.11 Å². The number of rotatable bonds is 4. The fourth-order valence-corrected chi connectivity index (χ4v) is 1.47. The van der Waals surface area contributed by atoms with Gasteiger partial charge in [0.15, 0.2) is 11.6 Å². The molecule has 5 nitrogen and oxygen atoms in total. The zero-order valence-corrected chi connectivity index (χ0v) is 9.24. The average molecular weight is 230 g/mol. The van der Waals surface area contributed by atoms with Crippen LogP contribution in [0.1, 0.15) is 11.7 Å². The van der Waals surface area contributed by atoms with E-state index >= 15 is 0 Å². The van der Waals surface area contributed by atoms with Crippen LogP contribution in [0.15, 0.2) is 42.7 Å². The molecule has 1 unspecified atom stereocenters. The van der Waals surface area contributed by atoms with Crippen LogP contribution in [0.5, 0.6) is 0 Å². The van der Waals surface area contributed by atoms with E-state index < -0.39 is 6.10 Å². The van der Waals surface area contributed by atoms with Crippen LogP contribution in [0.4, 0.5) is 11.6 Å². The van der Waals surface area contributed by atoms with Gasteiger partial charge in [-0.1, -0.05) is 30.3 Å². The third-order valence-electron chi connectivity index (χ3n) is 2.37. The second kappa shape index (κ2) is 5.27. The summed E-state index contributed by atoms with van der Waals surface area (Å²) in [7, 11) is 0. The number of nitrogen functional groups attached to an aromatic ring is 1. The van der Waals surface area contributed by atoms with Gasteiger partial charge in [-0.3, -0.25) is 0 Å². The van der Waals surface area contributed by atoms with Crippen LogP contribution >= 0.6 is 0 Å². The van der Waals surface area contributed by atoms with Crippen molar-refractivity contribution in [2.75, 3.05) is 17.6 Å². The molecule has 88 valence electrons. The summed E-state index contributed by atoms with van der Waals surface area (Å²) in [6.07, 6.45) is 2.47. The lowest BCUT2D eigenvalue weighted by Crippen LogP contribution is -2.14. The van der Waals surface area contributed by atoms with Crippen molar-refractivity contribution < 1.29 is 5.11 Å². The number of hydrogen-bond acceptors (Lipinski definition) is 5. The Kier molecular flexibility index (Phi) is 3.52. The van der Waals surface area contributed by atoms with E-state index in [1.807, 2.05) is 30.3 Å². The van der Waals surface area contributed by atoms with Crippen LogP contribution in [-0.4, -0.2) is 21.6 Å². The van der Waals surface area contributed by atoms with Gasteiger partial charge in [-0.05, 0) is 5.56 Å². The topological polar surface area (TPSA) is 84.1 Å². The number of nitrogens with two attached hydrogens (primary N) is 1. The van der Waals surface area contributed by atoms with Crippen molar-refractivity contribution in [2.45, 2.75) is 6.10 Å². The highest BCUT2D eigenvalue weighted by Crippen LogP contribution is 2.15. The van der Waals surface area contributed by atoms with Gasteiger partial charge in [-0.25, -0.2) is 9.97 Å². The van der Waals surface area contributed by atoms with Crippen LogP contribution in [-0.2, 0) is 0 Å². The molecule has 0 aliphatic carbocycles. The van der Waals surface area contributed by atoms with Crippen LogP contribution in [0.2, 0.25) is 0 Å². The van der Waals surface area contributed by atoms with E-state index in [-0.39, 0.29) is 0 Å². The molecule has 1 heterocycles. The van der Waals surface area contributed by atoms with Gasteiger partial charge >= 0.3 is 0 Å². The number of anilines is 2. The Morgan fingerprint density at radius 3 is 2.59 bits per heavy atom. The summed E-state index contributed by atoms with van der Waals surface area (Å²) in [6.45, 7) is 0.340. The largest absolute Gasteiger partial charge is 0.387 e. The normalized spacial score (nSPS) is 12.1. The minimum Gasteiger partial charge on any atom is -0.387 e. The molecule has 0 fully saturated rings. The average Bonchev–Trinajstić information content (AvgIpc) is 2.38. The Morgan fingerprint density at radius 1 is 1.18 bits per heavy atom. The standard InChI is InChI=1S/C12H14N4O/c13-11-12(15-7-6-14-11)16-8-10(17)9-4-2-1-3-5-9/h1-7,10,17H,8H2,(H2,13,14)(H,15,16). The van der Waals surface area contributed by atoms with Crippen molar-refractivity contribution in [3.05, 3.63) is 48.3 Å². The molecule has 0 radical (unpaired) electrons. The molecule has 5 heteroatoms. The zero-order chi connectivity index (χ0) is 12.1. The fourth-order valence-electron chi connectivity index (χ4n) is 1.47. The third kappa shape index (κ3) is 2.92. The Hall–Kier alpha value is -2.14. The first kappa shape index (κ1) is 11.3. The van der Waals surface area contributed by atoms with Crippen molar-refractivity contribution >= 4 is 11.6 Å². The summed E-state index contributed by atoms with van der Waals surface area (Å²) in [4.78, 5) is 7.94. The van der Waals surface area contributed by atoms with E-state index in [1.54, 1.807) is 6.20 Å². The minimum atomic E-state index is -0.599. The Balaban J connectivity index is 1.97. The number of hydrogen-bond donors (Lipinski definition) is 3. The third-order valence-corrected chi connectivity index (χ3v) is 2.37. The lowest BCUT2D eigenvalue weighted by molar-refractivity contribution is 0.191. The first-order chi connectivity index (χ1) is 8.27. The lowest BCUT2D eigenvalue weighted by Gasteiger charge is -2.13. The highest BCUT2D eigenvalue weighted by Gasteiger charge is 2.08. The smallest absolute Gasteiger partial charge is 0.169 e. The molecular formula is C12H14N4O. The number of aliphatic hydroxyl groups excluding tert-OH is 1. The molecule has 0 aliphatic rings. The summed E-state index contributed by atoms with van der Waals surface area (Å²) in [5.41, 5.74) is 6.48. The number of aliphatic hydroxyl groups is 1. The Bertz CT molecular complexity index is 475. The quantitative estimate of drug-likeness (QED) is 0.735. The maximum Gasteiger partial charge on any atom is 0.169 e. The first-order valence-electron chi connectivity index (χ1n) is 5.30. The van der Waals surface area contributed by atoms with Crippen LogP contribution in [0.3, 0.4) is 0 Å². The molecule has 0 aliphatic heterocycles. The van der Waals surface area contributed by atoms with Gasteiger partial charge in [0, 0.05) is 18.9 Å². The molecule has 0 saturated carbocycles. The molecule has 0 saturated heterocycles.